The summed E-state index contributed by atoms with van der Waals surface area (Å²) in [7, 11) is 0. The molecule has 2 aliphatic carbocycles. The molecule has 0 aliphatic heterocycles. The van der Waals surface area contributed by atoms with Crippen LogP contribution >= 0.6 is 0 Å². The summed E-state index contributed by atoms with van der Waals surface area (Å²) in [6.07, 6.45) is 2.83. The van der Waals surface area contributed by atoms with Crippen LogP contribution in [0.5, 0.6) is 0 Å². The van der Waals surface area contributed by atoms with Gasteiger partial charge in [-0.15, -0.1) is 0 Å². The van der Waals surface area contributed by atoms with E-state index in [1.54, 1.807) is 17.7 Å². The number of H-pyrrole nitrogens is 1. The van der Waals surface area contributed by atoms with Gasteiger partial charge in [-0.3, -0.25) is 13.7 Å². The monoisotopic (exact) mass is 452 g/mol. The van der Waals surface area contributed by atoms with E-state index in [1.807, 2.05) is 11.5 Å². The number of aromatic nitrogens is 4. The van der Waals surface area contributed by atoms with E-state index in [9.17, 15) is 27.2 Å². The molecule has 0 spiro atoms. The molecule has 172 valence electrons. The van der Waals surface area contributed by atoms with Gasteiger partial charge in [-0.1, -0.05) is 0 Å². The van der Waals surface area contributed by atoms with Gasteiger partial charge in [0.2, 0.25) is 0 Å². The summed E-state index contributed by atoms with van der Waals surface area (Å²) in [6.45, 7) is 3.40. The second-order valence-electron chi connectivity index (χ2n) is 8.42. The number of alkyl halides is 3. The van der Waals surface area contributed by atoms with Gasteiger partial charge in [-0.2, -0.15) is 13.2 Å². The first-order chi connectivity index (χ1) is 15.1. The second-order valence-corrected chi connectivity index (χ2v) is 8.42. The van der Waals surface area contributed by atoms with Crippen molar-refractivity contribution >= 4 is 0 Å². The molecule has 5 rings (SSSR count). The maximum Gasteiger partial charge on any atom is 0.416 e. The van der Waals surface area contributed by atoms with Crippen molar-refractivity contribution in [2.24, 2.45) is 0 Å². The van der Waals surface area contributed by atoms with Gasteiger partial charge in [-0.05, 0) is 63.3 Å². The smallest absolute Gasteiger partial charge is 0.312 e. The van der Waals surface area contributed by atoms with Gasteiger partial charge >= 0.3 is 17.6 Å². The van der Waals surface area contributed by atoms with Gasteiger partial charge in [0.25, 0.3) is 0 Å². The summed E-state index contributed by atoms with van der Waals surface area (Å²) in [6, 6.07) is 2.96. The topological polar surface area (TPSA) is 64.7 Å². The number of hydrogen-bond donors (Lipinski definition) is 1. The highest BCUT2D eigenvalue weighted by molar-refractivity contribution is 5.31. The Labute approximate surface area is 181 Å². The Morgan fingerprint density at radius 3 is 2.16 bits per heavy atom. The highest BCUT2D eigenvalue weighted by atomic mass is 19.4. The van der Waals surface area contributed by atoms with Crippen LogP contribution in [0.15, 0.2) is 40.2 Å². The number of aromatic amines is 1. The van der Waals surface area contributed by atoms with Gasteiger partial charge in [0.1, 0.15) is 5.82 Å². The van der Waals surface area contributed by atoms with Crippen LogP contribution in [0.25, 0.3) is 0 Å². The molecular weight excluding hydrogens is 428 g/mol. The highest BCUT2D eigenvalue weighted by Crippen LogP contribution is 2.35. The molecule has 1 aromatic carbocycles. The predicted octanol–water partition coefficient (Wildman–Crippen LogP) is 4.32. The highest BCUT2D eigenvalue weighted by Gasteiger charge is 2.34. The molecule has 0 radical (unpaired) electrons. The van der Waals surface area contributed by atoms with Crippen LogP contribution in [0.3, 0.4) is 0 Å². The molecule has 2 aliphatic rings. The molecular formula is C22H24F4N4O2. The zero-order valence-corrected chi connectivity index (χ0v) is 17.7. The molecule has 3 aromatic rings. The molecule has 0 saturated heterocycles. The summed E-state index contributed by atoms with van der Waals surface area (Å²) in [4.78, 5) is 26.0. The minimum Gasteiger partial charge on any atom is -0.312 e. The lowest BCUT2D eigenvalue weighted by atomic mass is 10.1. The number of hydrogen-bond acceptors (Lipinski definition) is 2. The Morgan fingerprint density at radius 2 is 1.62 bits per heavy atom. The Hall–Kier alpha value is -3.04. The Balaban J connectivity index is 0.000000203. The van der Waals surface area contributed by atoms with Gasteiger partial charge in [0, 0.05) is 35.9 Å². The van der Waals surface area contributed by atoms with E-state index in [1.165, 1.54) is 23.6 Å². The number of benzene rings is 1. The molecule has 0 atom stereocenters. The largest absolute Gasteiger partial charge is 0.416 e. The molecule has 32 heavy (non-hydrogen) atoms. The quantitative estimate of drug-likeness (QED) is 0.600. The van der Waals surface area contributed by atoms with Crippen molar-refractivity contribution in [3.05, 3.63) is 79.9 Å². The fourth-order valence-electron chi connectivity index (χ4n) is 3.93. The lowest BCUT2D eigenvalue weighted by molar-refractivity contribution is -0.138. The SMILES string of the molecule is Cc1c[nH]c(=O)n1C1CC1.Cc1cn(Cc2cc(F)ccc2C(F)(F)F)c(=O)n1C1CC1. The first kappa shape index (κ1) is 22.2. The Morgan fingerprint density at radius 1 is 1.00 bits per heavy atom. The van der Waals surface area contributed by atoms with Crippen molar-refractivity contribution in [1.82, 2.24) is 18.7 Å². The van der Waals surface area contributed by atoms with Gasteiger partial charge in [-0.25, -0.2) is 14.0 Å². The lowest BCUT2D eigenvalue weighted by Crippen LogP contribution is -2.25. The standard InChI is InChI=1S/C15H14F4N2O.C7H10N2O/c1-9-7-20(14(22)21(9)12-3-4-12)8-10-6-11(16)2-5-13(10)15(17,18)19;1-5-4-8-7(10)9(5)6-2-3-6/h2,5-7,12H,3-4,8H2,1H3;4,6H,2-3H2,1H3,(H,8,10). The molecule has 0 bridgehead atoms. The van der Waals surface area contributed by atoms with Crippen LogP contribution in [0.4, 0.5) is 17.6 Å². The van der Waals surface area contributed by atoms with Gasteiger partial charge in [0.05, 0.1) is 12.1 Å². The first-order valence-corrected chi connectivity index (χ1v) is 10.5. The summed E-state index contributed by atoms with van der Waals surface area (Å²) < 4.78 is 56.9. The zero-order chi connectivity index (χ0) is 23.2. The van der Waals surface area contributed by atoms with E-state index in [4.69, 9.17) is 0 Å². The molecule has 1 N–H and O–H groups in total. The lowest BCUT2D eigenvalue weighted by Gasteiger charge is -2.13. The molecule has 6 nitrogen and oxygen atoms in total. The molecule has 2 aromatic heterocycles. The summed E-state index contributed by atoms with van der Waals surface area (Å²) in [5.74, 6) is -0.755. The summed E-state index contributed by atoms with van der Waals surface area (Å²) >= 11 is 0. The third-order valence-corrected chi connectivity index (χ3v) is 5.72. The molecule has 2 heterocycles. The number of rotatable bonds is 4. The number of nitrogens with zero attached hydrogens (tertiary/aromatic N) is 3. The van der Waals surface area contributed by atoms with E-state index in [0.29, 0.717) is 17.8 Å². The maximum absolute atomic E-state index is 13.3. The van der Waals surface area contributed by atoms with Crippen molar-refractivity contribution < 1.29 is 17.6 Å². The van der Waals surface area contributed by atoms with Crippen LogP contribution in [0, 0.1) is 19.7 Å². The normalized spacial score (nSPS) is 16.1. The third kappa shape index (κ3) is 4.58. The van der Waals surface area contributed by atoms with E-state index < -0.39 is 17.6 Å². The molecule has 10 heteroatoms. The number of aryl methyl sites for hydroxylation is 2. The van der Waals surface area contributed by atoms with Crippen LogP contribution in [-0.2, 0) is 12.7 Å². The van der Waals surface area contributed by atoms with Crippen molar-refractivity contribution in [3.8, 4) is 0 Å². The molecule has 2 fully saturated rings. The van der Waals surface area contributed by atoms with Crippen molar-refractivity contribution in [3.63, 3.8) is 0 Å². The predicted molar refractivity (Wildman–Crippen MR) is 110 cm³/mol. The van der Waals surface area contributed by atoms with Gasteiger partial charge in [0.15, 0.2) is 0 Å². The average molecular weight is 452 g/mol. The second kappa shape index (κ2) is 8.14. The third-order valence-electron chi connectivity index (χ3n) is 5.72. The Kier molecular flexibility index (Phi) is 5.64. The average Bonchev–Trinajstić information content (AvgIpc) is 3.62. The number of halogens is 4. The van der Waals surface area contributed by atoms with Crippen LogP contribution in [-0.4, -0.2) is 18.7 Å². The van der Waals surface area contributed by atoms with Crippen molar-refractivity contribution in [2.45, 2.75) is 64.3 Å². The fourth-order valence-corrected chi connectivity index (χ4v) is 3.93. The summed E-state index contributed by atoms with van der Waals surface area (Å²) in [5, 5.41) is 0. The van der Waals surface area contributed by atoms with Crippen LogP contribution in [0.1, 0.15) is 60.3 Å². The van der Waals surface area contributed by atoms with Crippen LogP contribution < -0.4 is 11.4 Å². The number of nitrogens with one attached hydrogen (secondary N) is 1. The van der Waals surface area contributed by atoms with Crippen molar-refractivity contribution in [1.29, 1.82) is 0 Å². The van der Waals surface area contributed by atoms with E-state index in [0.717, 1.165) is 30.7 Å². The molecule has 0 amide bonds. The van der Waals surface area contributed by atoms with E-state index in [-0.39, 0.29) is 29.5 Å². The first-order valence-electron chi connectivity index (χ1n) is 10.5. The maximum atomic E-state index is 13.3. The minimum absolute atomic E-state index is 0.0417. The van der Waals surface area contributed by atoms with Crippen molar-refractivity contribution in [2.75, 3.05) is 0 Å². The number of imidazole rings is 2. The van der Waals surface area contributed by atoms with E-state index in [2.05, 4.69) is 4.98 Å². The molecule has 2 saturated carbocycles. The zero-order valence-electron chi connectivity index (χ0n) is 17.7. The molecule has 0 unspecified atom stereocenters. The Bertz CT molecular complexity index is 1240. The minimum atomic E-state index is -4.58. The van der Waals surface area contributed by atoms with E-state index >= 15 is 0 Å². The van der Waals surface area contributed by atoms with Crippen LogP contribution in [0.2, 0.25) is 0 Å². The summed E-state index contributed by atoms with van der Waals surface area (Å²) in [5.41, 5.74) is 0.280. The fraction of sp³-hybridized carbons (Fsp3) is 0.455. The van der Waals surface area contributed by atoms with Gasteiger partial charge < -0.3 is 4.98 Å².